The second-order valence-corrected chi connectivity index (χ2v) is 12.2. The van der Waals surface area contributed by atoms with Crippen molar-refractivity contribution in [2.45, 2.75) is 96.5 Å². The van der Waals surface area contributed by atoms with Gasteiger partial charge in [0, 0.05) is 37.2 Å². The van der Waals surface area contributed by atoms with E-state index in [1.807, 2.05) is 0 Å². The summed E-state index contributed by atoms with van der Waals surface area (Å²) in [5.41, 5.74) is 0.0848. The van der Waals surface area contributed by atoms with Crippen LogP contribution >= 0.6 is 0 Å². The molecule has 6 nitrogen and oxygen atoms in total. The van der Waals surface area contributed by atoms with E-state index in [-0.39, 0.29) is 42.7 Å². The van der Waals surface area contributed by atoms with Gasteiger partial charge in [-0.05, 0) is 42.7 Å². The van der Waals surface area contributed by atoms with Crippen molar-refractivity contribution < 1.29 is 27.9 Å². The normalized spacial score (nSPS) is 25.1. The van der Waals surface area contributed by atoms with Gasteiger partial charge in [-0.15, -0.1) is 0 Å². The molecule has 0 aromatic carbocycles. The monoisotopic (exact) mass is 436 g/mol. The maximum atomic E-state index is 6.12. The summed E-state index contributed by atoms with van der Waals surface area (Å²) in [4.78, 5) is 0. The lowest BCUT2D eigenvalue weighted by Crippen LogP contribution is -2.46. The van der Waals surface area contributed by atoms with Gasteiger partial charge in [-0.1, -0.05) is 48.5 Å². The lowest BCUT2D eigenvalue weighted by Gasteiger charge is -2.41. The zero-order valence-electron chi connectivity index (χ0n) is 21.0. The average molecular weight is 436 g/mol. The third-order valence-electron chi connectivity index (χ3n) is 7.23. The predicted molar refractivity (Wildman–Crippen MR) is 126 cm³/mol. The Morgan fingerprint density at radius 3 is 1.48 bits per heavy atom. The SMILES string of the molecule is CC1(C)COB(C(C)(C)CCC(C)(CCC(C)(C)B2OCCCO2)B2OCCO2)OC1. The van der Waals surface area contributed by atoms with Gasteiger partial charge < -0.3 is 27.9 Å². The molecule has 176 valence electrons. The van der Waals surface area contributed by atoms with Crippen LogP contribution in [0.1, 0.15) is 80.6 Å². The van der Waals surface area contributed by atoms with E-state index in [9.17, 15) is 0 Å². The summed E-state index contributed by atoms with van der Waals surface area (Å²) >= 11 is 0. The molecule has 0 N–H and O–H groups in total. The molecule has 9 heteroatoms. The van der Waals surface area contributed by atoms with Gasteiger partial charge in [-0.25, -0.2) is 0 Å². The first-order valence-electron chi connectivity index (χ1n) is 12.1. The van der Waals surface area contributed by atoms with E-state index < -0.39 is 0 Å². The molecular formula is C22H43B3O6. The van der Waals surface area contributed by atoms with Gasteiger partial charge in [0.2, 0.25) is 0 Å². The van der Waals surface area contributed by atoms with Gasteiger partial charge in [0.05, 0.1) is 13.2 Å². The summed E-state index contributed by atoms with van der Waals surface area (Å²) in [5, 5.41) is -0.230. The highest BCUT2D eigenvalue weighted by Crippen LogP contribution is 2.51. The van der Waals surface area contributed by atoms with Crippen LogP contribution < -0.4 is 0 Å². The van der Waals surface area contributed by atoms with Gasteiger partial charge in [-0.3, -0.25) is 0 Å². The fraction of sp³-hybridized carbons (Fsp3) is 1.00. The van der Waals surface area contributed by atoms with Crippen LogP contribution in [0.4, 0.5) is 0 Å². The minimum atomic E-state index is -0.171. The van der Waals surface area contributed by atoms with Gasteiger partial charge in [-0.2, -0.15) is 0 Å². The van der Waals surface area contributed by atoms with Crippen molar-refractivity contribution in [1.82, 2.24) is 0 Å². The highest BCUT2D eigenvalue weighted by atomic mass is 16.6. The van der Waals surface area contributed by atoms with Crippen LogP contribution in [-0.4, -0.2) is 61.0 Å². The molecule has 1 atom stereocenters. The Hall–Kier alpha value is -0.0452. The summed E-state index contributed by atoms with van der Waals surface area (Å²) in [6, 6.07) is 0. The molecule has 3 fully saturated rings. The maximum absolute atomic E-state index is 6.12. The van der Waals surface area contributed by atoms with Gasteiger partial charge in [0.15, 0.2) is 0 Å². The summed E-state index contributed by atoms with van der Waals surface area (Å²) < 4.78 is 36.1. The van der Waals surface area contributed by atoms with Crippen molar-refractivity contribution >= 4 is 21.4 Å². The summed E-state index contributed by atoms with van der Waals surface area (Å²) in [6.45, 7) is 20.1. The second kappa shape index (κ2) is 10.1. The molecule has 0 aromatic rings. The van der Waals surface area contributed by atoms with Crippen LogP contribution in [-0.2, 0) is 27.9 Å². The molecule has 0 radical (unpaired) electrons. The molecule has 31 heavy (non-hydrogen) atoms. The van der Waals surface area contributed by atoms with E-state index in [4.69, 9.17) is 27.9 Å². The highest BCUT2D eigenvalue weighted by Gasteiger charge is 2.50. The smallest absolute Gasteiger partial charge is 0.411 e. The fourth-order valence-corrected chi connectivity index (χ4v) is 4.66. The second-order valence-electron chi connectivity index (χ2n) is 12.2. The summed E-state index contributed by atoms with van der Waals surface area (Å²) in [5.74, 6) is 0. The molecule has 0 saturated carbocycles. The molecule has 3 saturated heterocycles. The van der Waals surface area contributed by atoms with E-state index >= 15 is 0 Å². The highest BCUT2D eigenvalue weighted by molar-refractivity contribution is 6.50. The topological polar surface area (TPSA) is 55.4 Å². The van der Waals surface area contributed by atoms with Crippen molar-refractivity contribution in [3.63, 3.8) is 0 Å². The molecule has 0 amide bonds. The van der Waals surface area contributed by atoms with Crippen LogP contribution in [0.5, 0.6) is 0 Å². The first-order valence-corrected chi connectivity index (χ1v) is 12.1. The first kappa shape index (κ1) is 25.6. The third-order valence-corrected chi connectivity index (χ3v) is 7.23. The zero-order valence-corrected chi connectivity index (χ0v) is 21.0. The van der Waals surface area contributed by atoms with Crippen molar-refractivity contribution in [2.75, 3.05) is 39.6 Å². The van der Waals surface area contributed by atoms with Crippen molar-refractivity contribution in [1.29, 1.82) is 0 Å². The summed E-state index contributed by atoms with van der Waals surface area (Å²) in [6.07, 6.45) is 4.92. The van der Waals surface area contributed by atoms with Gasteiger partial charge in [0.25, 0.3) is 0 Å². The molecule has 0 spiro atoms. The number of hydrogen-bond donors (Lipinski definition) is 0. The van der Waals surface area contributed by atoms with Crippen molar-refractivity contribution in [2.24, 2.45) is 5.41 Å². The van der Waals surface area contributed by atoms with Crippen LogP contribution in [0.25, 0.3) is 0 Å². The van der Waals surface area contributed by atoms with E-state index in [2.05, 4.69) is 48.5 Å². The van der Waals surface area contributed by atoms with E-state index in [0.29, 0.717) is 13.2 Å². The minimum Gasteiger partial charge on any atom is -0.411 e. The molecule has 3 rings (SSSR count). The van der Waals surface area contributed by atoms with Crippen LogP contribution in [0.3, 0.4) is 0 Å². The Morgan fingerprint density at radius 2 is 1.00 bits per heavy atom. The third kappa shape index (κ3) is 6.74. The maximum Gasteiger partial charge on any atom is 0.463 e. The Morgan fingerprint density at radius 1 is 0.581 bits per heavy atom. The number of rotatable bonds is 9. The van der Waals surface area contributed by atoms with Gasteiger partial charge >= 0.3 is 21.4 Å². The molecule has 0 aromatic heterocycles. The fourth-order valence-electron chi connectivity index (χ4n) is 4.66. The standard InChI is InChI=1S/C22H43B3O6/c1-19(2)17-30-24(31-18-19)21(5,6)10-12-22(7,25-28-15-16-29-25)11-9-20(3,4)23-26-13-8-14-27-23/h8-18H2,1-7H3. The molecule has 0 aliphatic carbocycles. The molecular weight excluding hydrogens is 393 g/mol. The van der Waals surface area contributed by atoms with E-state index in [0.717, 1.165) is 58.5 Å². The van der Waals surface area contributed by atoms with Gasteiger partial charge in [0.1, 0.15) is 0 Å². The molecule has 3 aliphatic heterocycles. The van der Waals surface area contributed by atoms with Crippen LogP contribution in [0.15, 0.2) is 0 Å². The minimum absolute atomic E-state index is 0.0586. The molecule has 3 heterocycles. The Labute approximate surface area is 191 Å². The predicted octanol–water partition coefficient (Wildman–Crippen LogP) is 4.89. The average Bonchev–Trinajstić information content (AvgIpc) is 3.27. The zero-order chi connectivity index (χ0) is 22.8. The largest absolute Gasteiger partial charge is 0.463 e. The molecule has 3 aliphatic rings. The van der Waals surface area contributed by atoms with Crippen molar-refractivity contribution in [3.8, 4) is 0 Å². The van der Waals surface area contributed by atoms with E-state index in [1.165, 1.54) is 0 Å². The van der Waals surface area contributed by atoms with Crippen LogP contribution in [0, 0.1) is 5.41 Å². The quantitative estimate of drug-likeness (QED) is 0.480. The van der Waals surface area contributed by atoms with E-state index in [1.54, 1.807) is 0 Å². The lowest BCUT2D eigenvalue weighted by atomic mass is 9.47. The molecule has 1 unspecified atom stereocenters. The first-order chi connectivity index (χ1) is 14.4. The Kier molecular flexibility index (Phi) is 8.30. The van der Waals surface area contributed by atoms with Crippen LogP contribution in [0.2, 0.25) is 15.9 Å². The number of hydrogen-bond acceptors (Lipinski definition) is 6. The molecule has 0 bridgehead atoms. The Bertz CT molecular complexity index is 566. The Balaban J connectivity index is 1.61. The summed E-state index contributed by atoms with van der Waals surface area (Å²) in [7, 11) is -0.477. The van der Waals surface area contributed by atoms with Crippen molar-refractivity contribution in [3.05, 3.63) is 0 Å². The lowest BCUT2D eigenvalue weighted by molar-refractivity contribution is 0.0175.